The normalized spacial score (nSPS) is 21.8. The first kappa shape index (κ1) is 12.3. The van der Waals surface area contributed by atoms with Gasteiger partial charge in [-0.3, -0.25) is 0 Å². The molecule has 0 bridgehead atoms. The average molecular weight is 256 g/mol. The molecule has 0 amide bonds. The third-order valence-electron chi connectivity index (χ3n) is 3.00. The van der Waals surface area contributed by atoms with E-state index in [1.54, 1.807) is 12.1 Å². The summed E-state index contributed by atoms with van der Waals surface area (Å²) in [5.41, 5.74) is 6.01. The molecule has 1 atom stereocenters. The Morgan fingerprint density at radius 1 is 1.47 bits per heavy atom. The van der Waals surface area contributed by atoms with Crippen LogP contribution >= 0.6 is 0 Å². The molecule has 1 fully saturated rings. The molecule has 1 aromatic rings. The summed E-state index contributed by atoms with van der Waals surface area (Å²) < 4.78 is 26.0. The van der Waals surface area contributed by atoms with Gasteiger partial charge in [0, 0.05) is 18.3 Å². The summed E-state index contributed by atoms with van der Waals surface area (Å²) in [6, 6.07) is 5.93. The molecule has 5 nitrogen and oxygen atoms in total. The summed E-state index contributed by atoms with van der Waals surface area (Å²) >= 11 is 0. The minimum Gasteiger partial charge on any atom is -0.399 e. The number of hydrogen-bond donors (Lipinski definition) is 2. The molecule has 17 heavy (non-hydrogen) atoms. The highest BCUT2D eigenvalue weighted by atomic mass is 32.2. The zero-order valence-corrected chi connectivity index (χ0v) is 10.2. The van der Waals surface area contributed by atoms with Gasteiger partial charge in [0.2, 0.25) is 10.0 Å². The molecule has 0 aromatic heterocycles. The highest BCUT2D eigenvalue weighted by Gasteiger charge is 2.34. The third-order valence-corrected chi connectivity index (χ3v) is 4.95. The molecule has 6 heteroatoms. The van der Waals surface area contributed by atoms with Crippen LogP contribution in [0.2, 0.25) is 0 Å². The van der Waals surface area contributed by atoms with Gasteiger partial charge >= 0.3 is 0 Å². The first-order chi connectivity index (χ1) is 8.05. The zero-order valence-electron chi connectivity index (χ0n) is 9.41. The molecule has 0 spiro atoms. The van der Waals surface area contributed by atoms with Gasteiger partial charge in [-0.2, -0.15) is 4.31 Å². The summed E-state index contributed by atoms with van der Waals surface area (Å²) in [6.45, 7) is 0.323. The lowest BCUT2D eigenvalue weighted by Crippen LogP contribution is -2.37. The molecule has 1 heterocycles. The van der Waals surface area contributed by atoms with Gasteiger partial charge in [0.15, 0.2) is 0 Å². The fourth-order valence-corrected chi connectivity index (χ4v) is 3.86. The van der Waals surface area contributed by atoms with Crippen LogP contribution in [0.1, 0.15) is 12.8 Å². The van der Waals surface area contributed by atoms with Crippen LogP contribution in [0.4, 0.5) is 5.69 Å². The zero-order chi connectivity index (χ0) is 12.5. The Hall–Kier alpha value is -1.11. The topological polar surface area (TPSA) is 83.6 Å². The van der Waals surface area contributed by atoms with Crippen molar-refractivity contribution in [3.63, 3.8) is 0 Å². The van der Waals surface area contributed by atoms with Gasteiger partial charge < -0.3 is 10.8 Å². The fraction of sp³-hybridized carbons (Fsp3) is 0.455. The van der Waals surface area contributed by atoms with E-state index >= 15 is 0 Å². The van der Waals surface area contributed by atoms with Crippen molar-refractivity contribution in [2.75, 3.05) is 18.9 Å². The molecule has 0 saturated carbocycles. The van der Waals surface area contributed by atoms with E-state index in [1.807, 2.05) is 0 Å². The second-order valence-corrected chi connectivity index (χ2v) is 6.06. The SMILES string of the molecule is Nc1cccc(S(=O)(=O)N2CCCC2CO)c1. The van der Waals surface area contributed by atoms with E-state index in [-0.39, 0.29) is 17.5 Å². The van der Waals surface area contributed by atoms with E-state index in [9.17, 15) is 13.5 Å². The van der Waals surface area contributed by atoms with E-state index in [2.05, 4.69) is 0 Å². The molecule has 94 valence electrons. The molecule has 0 aliphatic carbocycles. The summed E-state index contributed by atoms with van der Waals surface area (Å²) in [6.07, 6.45) is 1.49. The molecule has 3 N–H and O–H groups in total. The first-order valence-corrected chi connectivity index (χ1v) is 6.98. The number of aliphatic hydroxyl groups is 1. The van der Waals surface area contributed by atoms with Crippen LogP contribution in [0.15, 0.2) is 29.2 Å². The van der Waals surface area contributed by atoms with Crippen molar-refractivity contribution in [3.05, 3.63) is 24.3 Å². The number of anilines is 1. The Labute approximate surface area is 101 Å². The summed E-state index contributed by atoms with van der Waals surface area (Å²) in [4.78, 5) is 0.192. The molecule has 0 radical (unpaired) electrons. The van der Waals surface area contributed by atoms with Gasteiger partial charge in [-0.15, -0.1) is 0 Å². The summed E-state index contributed by atoms with van der Waals surface area (Å²) in [5.74, 6) is 0. The summed E-state index contributed by atoms with van der Waals surface area (Å²) in [7, 11) is -3.53. The molecule has 2 rings (SSSR count). The minimum atomic E-state index is -3.53. The Bertz CT molecular complexity index is 501. The quantitative estimate of drug-likeness (QED) is 0.767. The van der Waals surface area contributed by atoms with Crippen LogP contribution in [0.5, 0.6) is 0 Å². The van der Waals surface area contributed by atoms with E-state index < -0.39 is 10.0 Å². The van der Waals surface area contributed by atoms with Crippen molar-refractivity contribution in [2.24, 2.45) is 0 Å². The molecule has 1 unspecified atom stereocenters. The Balaban J connectivity index is 2.36. The number of sulfonamides is 1. The van der Waals surface area contributed by atoms with E-state index in [0.717, 1.165) is 6.42 Å². The maximum absolute atomic E-state index is 12.3. The van der Waals surface area contributed by atoms with Gasteiger partial charge in [0.05, 0.1) is 11.5 Å². The van der Waals surface area contributed by atoms with Crippen LogP contribution in [0, 0.1) is 0 Å². The maximum Gasteiger partial charge on any atom is 0.243 e. The molecule has 1 aromatic carbocycles. The number of aliphatic hydroxyl groups excluding tert-OH is 1. The number of nitrogens with zero attached hydrogens (tertiary/aromatic N) is 1. The van der Waals surface area contributed by atoms with Gasteiger partial charge in [-0.05, 0) is 31.0 Å². The number of nitrogen functional groups attached to an aromatic ring is 1. The molecule has 1 aliphatic rings. The number of hydrogen-bond acceptors (Lipinski definition) is 4. The van der Waals surface area contributed by atoms with Gasteiger partial charge in [0.25, 0.3) is 0 Å². The van der Waals surface area contributed by atoms with E-state index in [1.165, 1.54) is 16.4 Å². The number of benzene rings is 1. The van der Waals surface area contributed by atoms with Crippen molar-refractivity contribution in [3.8, 4) is 0 Å². The Morgan fingerprint density at radius 2 is 2.24 bits per heavy atom. The predicted molar refractivity (Wildman–Crippen MR) is 64.9 cm³/mol. The highest BCUT2D eigenvalue weighted by Crippen LogP contribution is 2.26. The lowest BCUT2D eigenvalue weighted by Gasteiger charge is -2.22. The monoisotopic (exact) mass is 256 g/mol. The second kappa shape index (κ2) is 4.64. The van der Waals surface area contributed by atoms with Gasteiger partial charge in [-0.1, -0.05) is 6.07 Å². The highest BCUT2D eigenvalue weighted by molar-refractivity contribution is 7.89. The molecular formula is C11H16N2O3S. The second-order valence-electron chi connectivity index (χ2n) is 4.17. The Morgan fingerprint density at radius 3 is 2.88 bits per heavy atom. The van der Waals surface area contributed by atoms with Crippen molar-refractivity contribution < 1.29 is 13.5 Å². The van der Waals surface area contributed by atoms with Crippen molar-refractivity contribution >= 4 is 15.7 Å². The van der Waals surface area contributed by atoms with E-state index in [4.69, 9.17) is 5.73 Å². The average Bonchev–Trinajstić information content (AvgIpc) is 2.77. The Kier molecular flexibility index (Phi) is 3.37. The van der Waals surface area contributed by atoms with Crippen molar-refractivity contribution in [2.45, 2.75) is 23.8 Å². The first-order valence-electron chi connectivity index (χ1n) is 5.54. The molecule has 1 aliphatic heterocycles. The van der Waals surface area contributed by atoms with Gasteiger partial charge in [0.1, 0.15) is 0 Å². The molecule has 1 saturated heterocycles. The molecular weight excluding hydrogens is 240 g/mol. The van der Waals surface area contributed by atoms with Crippen LogP contribution in [0.25, 0.3) is 0 Å². The fourth-order valence-electron chi connectivity index (χ4n) is 2.12. The summed E-state index contributed by atoms with van der Waals surface area (Å²) in [5, 5.41) is 9.17. The van der Waals surface area contributed by atoms with E-state index in [0.29, 0.717) is 18.7 Å². The van der Waals surface area contributed by atoms with Crippen LogP contribution in [-0.2, 0) is 10.0 Å². The van der Waals surface area contributed by atoms with Gasteiger partial charge in [-0.25, -0.2) is 8.42 Å². The lowest BCUT2D eigenvalue weighted by atomic mass is 10.2. The van der Waals surface area contributed by atoms with Crippen LogP contribution in [-0.4, -0.2) is 37.0 Å². The number of rotatable bonds is 3. The van der Waals surface area contributed by atoms with Crippen LogP contribution in [0.3, 0.4) is 0 Å². The van der Waals surface area contributed by atoms with Crippen molar-refractivity contribution in [1.82, 2.24) is 4.31 Å². The standard InChI is InChI=1S/C11H16N2O3S/c12-9-3-1-5-11(7-9)17(15,16)13-6-2-4-10(13)8-14/h1,3,5,7,10,14H,2,4,6,8,12H2. The lowest BCUT2D eigenvalue weighted by molar-refractivity contribution is 0.213. The largest absolute Gasteiger partial charge is 0.399 e. The predicted octanol–water partition coefficient (Wildman–Crippen LogP) is 0.414. The van der Waals surface area contributed by atoms with Crippen molar-refractivity contribution in [1.29, 1.82) is 0 Å². The third kappa shape index (κ3) is 2.29. The number of nitrogens with two attached hydrogens (primary N) is 1. The minimum absolute atomic E-state index is 0.137. The van der Waals surface area contributed by atoms with Crippen LogP contribution < -0.4 is 5.73 Å². The smallest absolute Gasteiger partial charge is 0.243 e. The maximum atomic E-state index is 12.3.